The smallest absolute Gasteiger partial charge is 0.270 e. The molecule has 1 atom stereocenters. The van der Waals surface area contributed by atoms with Crippen LogP contribution < -0.4 is 10.1 Å². The highest BCUT2D eigenvalue weighted by atomic mass is 32.2. The maximum Gasteiger partial charge on any atom is 0.270 e. The number of carbonyl (C=O) groups excluding carboxylic acids is 1. The van der Waals surface area contributed by atoms with E-state index >= 15 is 0 Å². The van der Waals surface area contributed by atoms with E-state index in [1.165, 1.54) is 23.1 Å². The van der Waals surface area contributed by atoms with E-state index in [9.17, 15) is 4.79 Å². The molecular formula is C13H15N3O2S2. The van der Waals surface area contributed by atoms with Gasteiger partial charge in [-0.15, -0.1) is 11.3 Å². The fraction of sp³-hybridized carbons (Fsp3) is 0.308. The number of thioether (sulfide) groups is 1. The molecule has 0 bridgehead atoms. The number of nitrogens with zero attached hydrogens (tertiary/aromatic N) is 2. The van der Waals surface area contributed by atoms with Gasteiger partial charge in [-0.2, -0.15) is 0 Å². The molecule has 2 aromatic rings. The maximum atomic E-state index is 11.9. The second kappa shape index (κ2) is 7.25. The monoisotopic (exact) mass is 309 g/mol. The van der Waals surface area contributed by atoms with Crippen LogP contribution in [0.4, 0.5) is 0 Å². The van der Waals surface area contributed by atoms with Crippen LogP contribution in [0.3, 0.4) is 0 Å². The van der Waals surface area contributed by atoms with Gasteiger partial charge in [0.1, 0.15) is 21.9 Å². The van der Waals surface area contributed by atoms with E-state index in [0.717, 1.165) is 4.34 Å². The average molecular weight is 309 g/mol. The van der Waals surface area contributed by atoms with Crippen LogP contribution in [0.2, 0.25) is 0 Å². The molecule has 0 spiro atoms. The van der Waals surface area contributed by atoms with Gasteiger partial charge in [0.2, 0.25) is 0 Å². The number of nitrogens with one attached hydrogen (secondary N) is 1. The summed E-state index contributed by atoms with van der Waals surface area (Å²) in [5, 5.41) is 4.56. The van der Waals surface area contributed by atoms with Gasteiger partial charge in [0, 0.05) is 11.6 Å². The van der Waals surface area contributed by atoms with Crippen molar-refractivity contribution in [1.82, 2.24) is 15.3 Å². The summed E-state index contributed by atoms with van der Waals surface area (Å²) in [6, 6.07) is 3.64. The van der Waals surface area contributed by atoms with Crippen LogP contribution in [0.1, 0.15) is 17.4 Å². The first-order valence-electron chi connectivity index (χ1n) is 6.03. The first-order valence-corrected chi connectivity index (χ1v) is 8.14. The molecule has 0 aliphatic heterocycles. The summed E-state index contributed by atoms with van der Waals surface area (Å²) in [6.45, 7) is 2.31. The van der Waals surface area contributed by atoms with Crippen LogP contribution in [0.15, 0.2) is 34.2 Å². The molecule has 0 fully saturated rings. The summed E-state index contributed by atoms with van der Waals surface area (Å²) in [6.07, 6.45) is 5.13. The lowest BCUT2D eigenvalue weighted by Crippen LogP contribution is -2.33. The lowest BCUT2D eigenvalue weighted by Gasteiger charge is -2.14. The molecular weight excluding hydrogens is 294 g/mol. The van der Waals surface area contributed by atoms with E-state index in [4.69, 9.17) is 4.74 Å². The molecule has 0 aromatic carbocycles. The Kier molecular flexibility index (Phi) is 5.37. The highest BCUT2D eigenvalue weighted by molar-refractivity contribution is 8.00. The van der Waals surface area contributed by atoms with Gasteiger partial charge < -0.3 is 10.1 Å². The second-order valence-corrected chi connectivity index (χ2v) is 5.94. The normalized spacial score (nSPS) is 11.9. The summed E-state index contributed by atoms with van der Waals surface area (Å²) in [4.78, 5) is 20.1. The minimum Gasteiger partial charge on any atom is -0.487 e. The zero-order valence-corrected chi connectivity index (χ0v) is 12.8. The van der Waals surface area contributed by atoms with Gasteiger partial charge in [0.05, 0.1) is 12.7 Å². The molecule has 1 amide bonds. The Balaban J connectivity index is 1.81. The van der Waals surface area contributed by atoms with Gasteiger partial charge in [-0.05, 0) is 25.3 Å². The number of rotatable bonds is 6. The topological polar surface area (TPSA) is 64.1 Å². The predicted octanol–water partition coefficient (Wildman–Crippen LogP) is 2.46. The molecule has 1 N–H and O–H groups in total. The lowest BCUT2D eigenvalue weighted by atomic mass is 10.3. The SMILES string of the molecule is CSc1nc(C(=O)NCC(C)Oc2cccnc2)cs1. The zero-order chi connectivity index (χ0) is 14.4. The van der Waals surface area contributed by atoms with Gasteiger partial charge in [0.15, 0.2) is 0 Å². The summed E-state index contributed by atoms with van der Waals surface area (Å²) >= 11 is 3.00. The Morgan fingerprint density at radius 3 is 3.10 bits per heavy atom. The predicted molar refractivity (Wildman–Crippen MR) is 80.6 cm³/mol. The van der Waals surface area contributed by atoms with Crippen LogP contribution in [0.25, 0.3) is 0 Å². The Morgan fingerprint density at radius 1 is 1.60 bits per heavy atom. The van der Waals surface area contributed by atoms with Crippen LogP contribution in [-0.2, 0) is 0 Å². The van der Waals surface area contributed by atoms with E-state index < -0.39 is 0 Å². The number of hydrogen-bond acceptors (Lipinski definition) is 6. The molecule has 20 heavy (non-hydrogen) atoms. The Morgan fingerprint density at radius 2 is 2.45 bits per heavy atom. The third-order valence-corrected chi connectivity index (χ3v) is 4.28. The molecule has 0 radical (unpaired) electrons. The van der Waals surface area contributed by atoms with Crippen molar-refractivity contribution in [2.45, 2.75) is 17.4 Å². The first kappa shape index (κ1) is 14.8. The molecule has 2 aromatic heterocycles. The van der Waals surface area contributed by atoms with Crippen LogP contribution in [-0.4, -0.2) is 34.8 Å². The van der Waals surface area contributed by atoms with Crippen LogP contribution in [0.5, 0.6) is 5.75 Å². The van der Waals surface area contributed by atoms with E-state index in [-0.39, 0.29) is 12.0 Å². The van der Waals surface area contributed by atoms with Gasteiger partial charge in [-0.3, -0.25) is 9.78 Å². The third kappa shape index (κ3) is 4.21. The van der Waals surface area contributed by atoms with E-state index in [0.29, 0.717) is 18.0 Å². The Hall–Kier alpha value is -1.60. The number of aromatic nitrogens is 2. The molecule has 7 heteroatoms. The quantitative estimate of drug-likeness (QED) is 0.830. The van der Waals surface area contributed by atoms with E-state index in [1.807, 2.05) is 19.2 Å². The zero-order valence-electron chi connectivity index (χ0n) is 11.2. The van der Waals surface area contributed by atoms with Crippen LogP contribution in [0, 0.1) is 0 Å². The first-order chi connectivity index (χ1) is 9.69. The maximum absolute atomic E-state index is 11.9. The second-order valence-electron chi connectivity index (χ2n) is 4.03. The average Bonchev–Trinajstić information content (AvgIpc) is 2.95. The van der Waals surface area contributed by atoms with Crippen molar-refractivity contribution >= 4 is 29.0 Å². The number of pyridine rings is 1. The van der Waals surface area contributed by atoms with Crippen molar-refractivity contribution in [1.29, 1.82) is 0 Å². The number of ether oxygens (including phenoxy) is 1. The van der Waals surface area contributed by atoms with Crippen molar-refractivity contribution in [3.63, 3.8) is 0 Å². The number of thiazole rings is 1. The Bertz CT molecular complexity index is 560. The molecule has 2 heterocycles. The molecule has 0 aliphatic carbocycles. The van der Waals surface area contributed by atoms with Crippen LogP contribution >= 0.6 is 23.1 Å². The van der Waals surface area contributed by atoms with Crippen molar-refractivity contribution < 1.29 is 9.53 Å². The summed E-state index contributed by atoms with van der Waals surface area (Å²) in [5.74, 6) is 0.510. The molecule has 0 aliphatic rings. The highest BCUT2D eigenvalue weighted by Gasteiger charge is 2.12. The van der Waals surface area contributed by atoms with E-state index in [2.05, 4.69) is 15.3 Å². The molecule has 5 nitrogen and oxygen atoms in total. The van der Waals surface area contributed by atoms with Crippen molar-refractivity contribution in [2.24, 2.45) is 0 Å². The van der Waals surface area contributed by atoms with Crippen molar-refractivity contribution in [3.8, 4) is 5.75 Å². The number of carbonyl (C=O) groups is 1. The molecule has 2 rings (SSSR count). The Labute approximate surface area is 125 Å². The summed E-state index contributed by atoms with van der Waals surface area (Å²) in [7, 11) is 0. The van der Waals surface area contributed by atoms with Crippen molar-refractivity contribution in [2.75, 3.05) is 12.8 Å². The largest absolute Gasteiger partial charge is 0.487 e. The van der Waals surface area contributed by atoms with Crippen molar-refractivity contribution in [3.05, 3.63) is 35.6 Å². The fourth-order valence-electron chi connectivity index (χ4n) is 1.47. The fourth-order valence-corrected chi connectivity index (χ4v) is 2.72. The highest BCUT2D eigenvalue weighted by Crippen LogP contribution is 2.19. The molecule has 0 saturated carbocycles. The summed E-state index contributed by atoms with van der Waals surface area (Å²) in [5.41, 5.74) is 0.452. The molecule has 106 valence electrons. The minimum absolute atomic E-state index is 0.137. The summed E-state index contributed by atoms with van der Waals surface area (Å²) < 4.78 is 6.51. The van der Waals surface area contributed by atoms with Gasteiger partial charge in [0.25, 0.3) is 5.91 Å². The van der Waals surface area contributed by atoms with Gasteiger partial charge in [-0.25, -0.2) is 4.98 Å². The third-order valence-electron chi connectivity index (χ3n) is 2.41. The van der Waals surface area contributed by atoms with Gasteiger partial charge >= 0.3 is 0 Å². The lowest BCUT2D eigenvalue weighted by molar-refractivity contribution is 0.0927. The van der Waals surface area contributed by atoms with Gasteiger partial charge in [-0.1, -0.05) is 11.8 Å². The standard InChI is InChI=1S/C13H15N3O2S2/c1-9(18-10-4-3-5-14-7-10)6-15-12(17)11-8-20-13(16-11)19-2/h3-5,7-9H,6H2,1-2H3,(H,15,17). The van der Waals surface area contributed by atoms with E-state index in [1.54, 1.807) is 23.8 Å². The number of hydrogen-bond donors (Lipinski definition) is 1. The molecule has 0 saturated heterocycles. The minimum atomic E-state index is -0.178. The molecule has 1 unspecified atom stereocenters. The number of amides is 1.